The van der Waals surface area contributed by atoms with Gasteiger partial charge >= 0.3 is 0 Å². The summed E-state index contributed by atoms with van der Waals surface area (Å²) < 4.78 is 10.8. The highest BCUT2D eigenvalue weighted by atomic mass is 16.5. The molecule has 1 aromatic carbocycles. The van der Waals surface area contributed by atoms with E-state index in [2.05, 4.69) is 10.3 Å². The van der Waals surface area contributed by atoms with Gasteiger partial charge < -0.3 is 14.5 Å². The molecule has 1 N–H and O–H groups in total. The van der Waals surface area contributed by atoms with Crippen molar-refractivity contribution in [3.8, 4) is 5.75 Å². The third-order valence-electron chi connectivity index (χ3n) is 3.12. The van der Waals surface area contributed by atoms with Gasteiger partial charge in [0.05, 0.1) is 19.1 Å². The lowest BCUT2D eigenvalue weighted by Gasteiger charge is -2.12. The van der Waals surface area contributed by atoms with Crippen LogP contribution in [0.15, 0.2) is 47.2 Å². The average molecular weight is 254 g/mol. The number of pyridine rings is 1. The van der Waals surface area contributed by atoms with Gasteiger partial charge in [-0.3, -0.25) is 4.98 Å². The largest absolute Gasteiger partial charge is 0.496 e. The van der Waals surface area contributed by atoms with E-state index in [4.69, 9.17) is 9.15 Å². The molecule has 4 heteroatoms. The number of fused-ring (bicyclic) bond motifs is 1. The average Bonchev–Trinajstić information content (AvgIpc) is 2.90. The van der Waals surface area contributed by atoms with E-state index in [9.17, 15) is 0 Å². The highest BCUT2D eigenvalue weighted by Gasteiger charge is 2.08. The minimum Gasteiger partial charge on any atom is -0.496 e. The molecule has 96 valence electrons. The molecule has 3 aromatic rings. The fraction of sp³-hybridized carbons (Fsp3) is 0.133. The van der Waals surface area contributed by atoms with Gasteiger partial charge in [0.2, 0.25) is 0 Å². The van der Waals surface area contributed by atoms with Gasteiger partial charge in [0.25, 0.3) is 0 Å². The van der Waals surface area contributed by atoms with Gasteiger partial charge in [-0.05, 0) is 25.1 Å². The van der Waals surface area contributed by atoms with E-state index in [0.717, 1.165) is 33.8 Å². The van der Waals surface area contributed by atoms with Crippen LogP contribution in [0.2, 0.25) is 0 Å². The number of benzene rings is 1. The Bertz CT molecular complexity index is 719. The van der Waals surface area contributed by atoms with Crippen LogP contribution in [0.5, 0.6) is 5.75 Å². The number of hydrogen-bond donors (Lipinski definition) is 1. The molecular weight excluding hydrogens is 240 g/mol. The van der Waals surface area contributed by atoms with Gasteiger partial charge in [-0.2, -0.15) is 0 Å². The Hall–Kier alpha value is -2.49. The molecule has 0 saturated carbocycles. The number of rotatable bonds is 3. The lowest BCUT2D eigenvalue weighted by molar-refractivity contribution is 0.412. The first-order valence-corrected chi connectivity index (χ1v) is 6.02. The fourth-order valence-corrected chi connectivity index (χ4v) is 2.09. The van der Waals surface area contributed by atoms with Gasteiger partial charge in [0.15, 0.2) is 5.58 Å². The first kappa shape index (κ1) is 11.6. The number of hydrogen-bond acceptors (Lipinski definition) is 4. The van der Waals surface area contributed by atoms with E-state index < -0.39 is 0 Å². The minimum atomic E-state index is 0.754. The van der Waals surface area contributed by atoms with Gasteiger partial charge in [-0.1, -0.05) is 6.07 Å². The molecule has 0 saturated heterocycles. The number of nitrogens with zero attached hydrogens (tertiary/aromatic N) is 1. The van der Waals surface area contributed by atoms with Crippen molar-refractivity contribution in [2.75, 3.05) is 12.4 Å². The number of methoxy groups -OCH3 is 1. The zero-order valence-corrected chi connectivity index (χ0v) is 10.8. The molecule has 3 rings (SSSR count). The molecule has 0 atom stereocenters. The van der Waals surface area contributed by atoms with Crippen molar-refractivity contribution in [3.63, 3.8) is 0 Å². The smallest absolute Gasteiger partial charge is 0.175 e. The summed E-state index contributed by atoms with van der Waals surface area (Å²) in [6.45, 7) is 2.02. The molecule has 0 bridgehead atoms. The van der Waals surface area contributed by atoms with E-state index in [0.29, 0.717) is 0 Å². The van der Waals surface area contributed by atoms with Crippen molar-refractivity contribution in [2.24, 2.45) is 0 Å². The molecule has 0 aliphatic rings. The predicted octanol–water partition coefficient (Wildman–Crippen LogP) is 3.89. The molecule has 2 aromatic heterocycles. The normalized spacial score (nSPS) is 10.6. The number of nitrogens with one attached hydrogen (secondary N) is 1. The Balaban J connectivity index is 2.04. The van der Waals surface area contributed by atoms with Crippen LogP contribution in [0.1, 0.15) is 5.56 Å². The SMILES string of the molecule is COc1cccc(Nc2ccnc3ccoc23)c1C. The Morgan fingerprint density at radius 2 is 2.05 bits per heavy atom. The zero-order valence-electron chi connectivity index (χ0n) is 10.8. The summed E-state index contributed by atoms with van der Waals surface area (Å²) in [7, 11) is 1.67. The van der Waals surface area contributed by atoms with Crippen molar-refractivity contribution < 1.29 is 9.15 Å². The van der Waals surface area contributed by atoms with Crippen molar-refractivity contribution >= 4 is 22.5 Å². The molecule has 4 nitrogen and oxygen atoms in total. The van der Waals surface area contributed by atoms with E-state index >= 15 is 0 Å². The van der Waals surface area contributed by atoms with Crippen LogP contribution >= 0.6 is 0 Å². The number of furan rings is 1. The van der Waals surface area contributed by atoms with Gasteiger partial charge in [0.1, 0.15) is 11.3 Å². The summed E-state index contributed by atoms with van der Waals surface area (Å²) in [5, 5.41) is 3.36. The maximum atomic E-state index is 5.46. The van der Waals surface area contributed by atoms with E-state index in [1.165, 1.54) is 0 Å². The van der Waals surface area contributed by atoms with Crippen LogP contribution in [0.25, 0.3) is 11.1 Å². The topological polar surface area (TPSA) is 47.3 Å². The highest BCUT2D eigenvalue weighted by molar-refractivity contribution is 5.88. The molecular formula is C15H14N2O2. The highest BCUT2D eigenvalue weighted by Crippen LogP contribution is 2.30. The summed E-state index contributed by atoms with van der Waals surface area (Å²) in [6, 6.07) is 9.64. The number of anilines is 2. The first-order chi connectivity index (χ1) is 9.29. The first-order valence-electron chi connectivity index (χ1n) is 6.02. The molecule has 19 heavy (non-hydrogen) atoms. The molecule has 2 heterocycles. The molecule has 0 spiro atoms. The van der Waals surface area contributed by atoms with Crippen molar-refractivity contribution in [1.82, 2.24) is 4.98 Å². The quantitative estimate of drug-likeness (QED) is 0.770. The summed E-state index contributed by atoms with van der Waals surface area (Å²) in [5.74, 6) is 0.856. The van der Waals surface area contributed by atoms with Crippen LogP contribution in [0, 0.1) is 6.92 Å². The van der Waals surface area contributed by atoms with Gasteiger partial charge in [0, 0.05) is 23.5 Å². The van der Waals surface area contributed by atoms with Crippen LogP contribution in [0.4, 0.5) is 11.4 Å². The van der Waals surface area contributed by atoms with E-state index in [1.54, 1.807) is 19.6 Å². The number of aromatic nitrogens is 1. The Morgan fingerprint density at radius 3 is 2.89 bits per heavy atom. The predicted molar refractivity (Wildman–Crippen MR) is 75.0 cm³/mol. The monoisotopic (exact) mass is 254 g/mol. The van der Waals surface area contributed by atoms with Crippen molar-refractivity contribution in [2.45, 2.75) is 6.92 Å². The molecule has 0 unspecified atom stereocenters. The second-order valence-electron chi connectivity index (χ2n) is 4.25. The molecule has 0 aliphatic heterocycles. The second kappa shape index (κ2) is 4.65. The van der Waals surface area contributed by atoms with Crippen LogP contribution in [0.3, 0.4) is 0 Å². The zero-order chi connectivity index (χ0) is 13.2. The van der Waals surface area contributed by atoms with Gasteiger partial charge in [-0.25, -0.2) is 0 Å². The van der Waals surface area contributed by atoms with Gasteiger partial charge in [-0.15, -0.1) is 0 Å². The molecule has 0 fully saturated rings. The summed E-state index contributed by atoms with van der Waals surface area (Å²) >= 11 is 0. The van der Waals surface area contributed by atoms with Crippen molar-refractivity contribution in [1.29, 1.82) is 0 Å². The lowest BCUT2D eigenvalue weighted by Crippen LogP contribution is -1.96. The van der Waals surface area contributed by atoms with Crippen LogP contribution in [-0.2, 0) is 0 Å². The summed E-state index contributed by atoms with van der Waals surface area (Å²) in [5.41, 5.74) is 4.53. The second-order valence-corrected chi connectivity index (χ2v) is 4.25. The number of ether oxygens (including phenoxy) is 1. The van der Waals surface area contributed by atoms with Crippen molar-refractivity contribution in [3.05, 3.63) is 48.4 Å². The van der Waals surface area contributed by atoms with Crippen LogP contribution < -0.4 is 10.1 Å². The molecule has 0 amide bonds. The summed E-state index contributed by atoms with van der Waals surface area (Å²) in [4.78, 5) is 4.24. The maximum Gasteiger partial charge on any atom is 0.175 e. The lowest BCUT2D eigenvalue weighted by atomic mass is 10.1. The summed E-state index contributed by atoms with van der Waals surface area (Å²) in [6.07, 6.45) is 3.40. The standard InChI is InChI=1S/C15H14N2O2/c1-10-11(4-3-5-14(10)18-2)17-13-6-8-16-12-7-9-19-15(12)13/h3-9H,1-2H3,(H,16,17). The fourth-order valence-electron chi connectivity index (χ4n) is 2.09. The third-order valence-corrected chi connectivity index (χ3v) is 3.12. The Morgan fingerprint density at radius 1 is 1.16 bits per heavy atom. The molecule has 0 radical (unpaired) electrons. The minimum absolute atomic E-state index is 0.754. The molecule has 0 aliphatic carbocycles. The maximum absolute atomic E-state index is 5.46. The third kappa shape index (κ3) is 2.01. The van der Waals surface area contributed by atoms with E-state index in [-0.39, 0.29) is 0 Å². The van der Waals surface area contributed by atoms with E-state index in [1.807, 2.05) is 37.3 Å². The Labute approximate surface area is 111 Å². The van der Waals surface area contributed by atoms with Crippen LogP contribution in [-0.4, -0.2) is 12.1 Å². The Kier molecular flexibility index (Phi) is 2.83.